The summed E-state index contributed by atoms with van der Waals surface area (Å²) in [7, 11) is 0. The SMILES string of the molecule is CCOC(CC)(OC(=C=O)CC)Oc1ccc(COC(=O)CN2CCNCCNCCNCC2)cc1. The van der Waals surface area contributed by atoms with E-state index in [2.05, 4.69) is 20.9 Å². The number of benzene rings is 1. The number of esters is 1. The van der Waals surface area contributed by atoms with Gasteiger partial charge in [-0.15, -0.1) is 0 Å². The van der Waals surface area contributed by atoms with E-state index < -0.39 is 5.97 Å². The smallest absolute Gasteiger partial charge is 0.371 e. The molecule has 36 heavy (non-hydrogen) atoms. The van der Waals surface area contributed by atoms with Crippen molar-refractivity contribution in [2.75, 3.05) is 65.5 Å². The number of nitrogens with zero attached hydrogens (tertiary/aromatic N) is 1. The lowest BCUT2D eigenvalue weighted by Gasteiger charge is -2.32. The summed E-state index contributed by atoms with van der Waals surface area (Å²) in [5.41, 5.74) is 0.835. The molecule has 0 radical (unpaired) electrons. The van der Waals surface area contributed by atoms with Gasteiger partial charge in [0.15, 0.2) is 11.7 Å². The van der Waals surface area contributed by atoms with Crippen molar-refractivity contribution in [3.05, 3.63) is 35.6 Å². The van der Waals surface area contributed by atoms with E-state index >= 15 is 0 Å². The quantitative estimate of drug-likeness (QED) is 0.167. The maximum atomic E-state index is 12.5. The normalized spacial score (nSPS) is 17.5. The van der Waals surface area contributed by atoms with Crippen LogP contribution < -0.4 is 20.7 Å². The largest absolute Gasteiger partial charge is 0.460 e. The second-order valence-electron chi connectivity index (χ2n) is 8.38. The van der Waals surface area contributed by atoms with Gasteiger partial charge in [0, 0.05) is 58.8 Å². The molecule has 1 aliphatic heterocycles. The first-order chi connectivity index (χ1) is 17.5. The Morgan fingerprint density at radius 1 is 0.972 bits per heavy atom. The van der Waals surface area contributed by atoms with Crippen molar-refractivity contribution in [3.63, 3.8) is 0 Å². The van der Waals surface area contributed by atoms with Crippen molar-refractivity contribution in [1.29, 1.82) is 0 Å². The Morgan fingerprint density at radius 3 is 2.11 bits per heavy atom. The van der Waals surface area contributed by atoms with E-state index in [1.807, 2.05) is 26.0 Å². The Kier molecular flexibility index (Phi) is 14.1. The molecule has 1 atom stereocenters. The minimum atomic E-state index is -1.41. The highest BCUT2D eigenvalue weighted by Crippen LogP contribution is 2.27. The second kappa shape index (κ2) is 17.1. The number of rotatable bonds is 12. The zero-order valence-electron chi connectivity index (χ0n) is 21.9. The molecule has 0 saturated carbocycles. The molecule has 1 aromatic carbocycles. The Labute approximate surface area is 214 Å². The Balaban J connectivity index is 1.88. The van der Waals surface area contributed by atoms with Gasteiger partial charge in [0.2, 0.25) is 0 Å². The maximum absolute atomic E-state index is 12.5. The first kappa shape index (κ1) is 29.8. The standard InChI is InChI=1S/C26H42N4O6/c1-4-23(20-31)35-26(5-2,34-6-3)36-24-9-7-22(8-10-24)21-33-25(32)19-30-17-15-28-13-11-27-12-14-29-16-18-30/h7-10,27-29H,4-6,11-19,21H2,1-3H3. The van der Waals surface area contributed by atoms with E-state index in [4.69, 9.17) is 18.9 Å². The minimum absolute atomic E-state index is 0.134. The van der Waals surface area contributed by atoms with Crippen molar-refractivity contribution in [1.82, 2.24) is 20.9 Å². The van der Waals surface area contributed by atoms with Crippen molar-refractivity contribution >= 4 is 11.9 Å². The fourth-order valence-electron chi connectivity index (χ4n) is 3.60. The zero-order valence-corrected chi connectivity index (χ0v) is 21.9. The van der Waals surface area contributed by atoms with Crippen LogP contribution in [0.4, 0.5) is 0 Å². The lowest BCUT2D eigenvalue weighted by atomic mass is 10.2. The summed E-state index contributed by atoms with van der Waals surface area (Å²) >= 11 is 0. The molecule has 1 aliphatic rings. The van der Waals surface area contributed by atoms with E-state index in [0.717, 1.165) is 57.9 Å². The summed E-state index contributed by atoms with van der Waals surface area (Å²) in [6, 6.07) is 7.16. The van der Waals surface area contributed by atoms with Crippen LogP contribution in [0.25, 0.3) is 0 Å². The highest BCUT2D eigenvalue weighted by Gasteiger charge is 2.35. The summed E-state index contributed by atoms with van der Waals surface area (Å²) < 4.78 is 22.9. The van der Waals surface area contributed by atoms with E-state index in [0.29, 0.717) is 25.2 Å². The molecule has 1 heterocycles. The first-order valence-corrected chi connectivity index (χ1v) is 12.9. The summed E-state index contributed by atoms with van der Waals surface area (Å²) in [6.45, 7) is 13.1. The van der Waals surface area contributed by atoms with Crippen LogP contribution in [0.1, 0.15) is 39.2 Å². The van der Waals surface area contributed by atoms with Crippen LogP contribution in [-0.4, -0.2) is 88.3 Å². The lowest BCUT2D eigenvalue weighted by molar-refractivity contribution is -0.327. The minimum Gasteiger partial charge on any atom is -0.460 e. The van der Waals surface area contributed by atoms with Gasteiger partial charge < -0.3 is 34.9 Å². The molecule has 1 saturated heterocycles. The van der Waals surface area contributed by atoms with Crippen molar-refractivity contribution in [3.8, 4) is 5.75 Å². The Morgan fingerprint density at radius 2 is 1.58 bits per heavy atom. The monoisotopic (exact) mass is 506 g/mol. The van der Waals surface area contributed by atoms with E-state index in [-0.39, 0.29) is 24.9 Å². The summed E-state index contributed by atoms with van der Waals surface area (Å²) in [5, 5.41) is 10.1. The molecular weight excluding hydrogens is 464 g/mol. The Bertz CT molecular complexity index is 803. The fourth-order valence-corrected chi connectivity index (χ4v) is 3.60. The molecule has 0 spiro atoms. The third-order valence-corrected chi connectivity index (χ3v) is 5.63. The van der Waals surface area contributed by atoms with Crippen LogP contribution in [-0.2, 0) is 30.4 Å². The molecule has 3 N–H and O–H groups in total. The van der Waals surface area contributed by atoms with Gasteiger partial charge in [-0.1, -0.05) is 26.0 Å². The lowest BCUT2D eigenvalue weighted by Crippen LogP contribution is -2.43. The number of hydrogen-bond donors (Lipinski definition) is 3. The molecule has 0 bridgehead atoms. The first-order valence-electron chi connectivity index (χ1n) is 12.9. The highest BCUT2D eigenvalue weighted by atomic mass is 16.9. The van der Waals surface area contributed by atoms with Gasteiger partial charge in [-0.05, 0) is 24.6 Å². The molecule has 1 fully saturated rings. The predicted octanol–water partition coefficient (Wildman–Crippen LogP) is 1.44. The molecule has 10 nitrogen and oxygen atoms in total. The van der Waals surface area contributed by atoms with Gasteiger partial charge in [0.25, 0.3) is 0 Å². The molecular formula is C26H42N4O6. The van der Waals surface area contributed by atoms with Crippen LogP contribution in [0.3, 0.4) is 0 Å². The van der Waals surface area contributed by atoms with Gasteiger partial charge >= 0.3 is 11.9 Å². The number of allylic oxidation sites excluding steroid dienone is 1. The van der Waals surface area contributed by atoms with Crippen LogP contribution in [0.5, 0.6) is 5.75 Å². The summed E-state index contributed by atoms with van der Waals surface area (Å²) in [6.07, 6.45) is 0.748. The second-order valence-corrected chi connectivity index (χ2v) is 8.38. The molecule has 0 amide bonds. The molecule has 1 aromatic rings. The van der Waals surface area contributed by atoms with Crippen LogP contribution in [0, 0.1) is 0 Å². The topological polar surface area (TPSA) is 110 Å². The van der Waals surface area contributed by atoms with Crippen molar-refractivity contribution < 1.29 is 28.5 Å². The molecule has 2 rings (SSSR count). The predicted molar refractivity (Wildman–Crippen MR) is 137 cm³/mol. The van der Waals surface area contributed by atoms with Gasteiger partial charge in [-0.2, -0.15) is 0 Å². The number of nitrogens with one attached hydrogen (secondary N) is 3. The average Bonchev–Trinajstić information content (AvgIpc) is 2.88. The average molecular weight is 507 g/mol. The maximum Gasteiger partial charge on any atom is 0.371 e. The van der Waals surface area contributed by atoms with Crippen LogP contribution >= 0.6 is 0 Å². The Hall–Kier alpha value is -2.46. The van der Waals surface area contributed by atoms with Crippen molar-refractivity contribution in [2.24, 2.45) is 0 Å². The van der Waals surface area contributed by atoms with E-state index in [1.165, 1.54) is 0 Å². The number of carbonyl (C=O) groups is 1. The van der Waals surface area contributed by atoms with E-state index in [1.54, 1.807) is 25.0 Å². The van der Waals surface area contributed by atoms with Gasteiger partial charge in [0.05, 0.1) is 19.6 Å². The summed E-state index contributed by atoms with van der Waals surface area (Å²) in [4.78, 5) is 25.7. The fraction of sp³-hybridized carbons (Fsp3) is 0.654. The number of carbonyl (C=O) groups excluding carboxylic acids is 2. The van der Waals surface area contributed by atoms with Crippen LogP contribution in [0.2, 0.25) is 0 Å². The van der Waals surface area contributed by atoms with Gasteiger partial charge in [-0.3, -0.25) is 9.69 Å². The van der Waals surface area contributed by atoms with Gasteiger partial charge in [-0.25, -0.2) is 4.79 Å². The van der Waals surface area contributed by atoms with Crippen molar-refractivity contribution in [2.45, 2.75) is 46.2 Å². The van der Waals surface area contributed by atoms with Gasteiger partial charge in [0.1, 0.15) is 12.4 Å². The molecule has 0 aliphatic carbocycles. The third kappa shape index (κ3) is 11.1. The molecule has 202 valence electrons. The number of hydrogen-bond acceptors (Lipinski definition) is 10. The molecule has 1 unspecified atom stereocenters. The number of ether oxygens (including phenoxy) is 4. The summed E-state index contributed by atoms with van der Waals surface area (Å²) in [5.74, 6) is 0.769. The third-order valence-electron chi connectivity index (χ3n) is 5.63. The highest BCUT2D eigenvalue weighted by molar-refractivity contribution is 5.71. The van der Waals surface area contributed by atoms with Crippen LogP contribution in [0.15, 0.2) is 30.0 Å². The molecule has 10 heteroatoms. The van der Waals surface area contributed by atoms with E-state index in [9.17, 15) is 9.59 Å². The zero-order chi connectivity index (χ0) is 26.1. The molecule has 0 aromatic heterocycles.